The summed E-state index contributed by atoms with van der Waals surface area (Å²) in [4.78, 5) is 27.3. The van der Waals surface area contributed by atoms with E-state index in [1.807, 2.05) is 6.92 Å². The Morgan fingerprint density at radius 3 is 2.53 bits per heavy atom. The maximum Gasteiger partial charge on any atom is 0.255 e. The first-order valence-electron chi connectivity index (χ1n) is 6.33. The number of carbonyl (C=O) groups is 2. The number of aromatic nitrogens is 1. The Balaban J connectivity index is 2.63. The molecule has 0 aromatic carbocycles. The smallest absolute Gasteiger partial charge is 0.255 e. The second kappa shape index (κ2) is 8.20. The van der Waals surface area contributed by atoms with Gasteiger partial charge in [0.1, 0.15) is 5.92 Å². The molecule has 0 saturated carbocycles. The van der Waals surface area contributed by atoms with Crippen LogP contribution in [0.4, 0.5) is 5.69 Å². The molecule has 1 unspecified atom stereocenters. The summed E-state index contributed by atoms with van der Waals surface area (Å²) in [5.41, 5.74) is 2.12. The Kier molecular flexibility index (Phi) is 6.52. The van der Waals surface area contributed by atoms with Gasteiger partial charge in [0.25, 0.3) is 5.91 Å². The molecule has 6 nitrogen and oxygen atoms in total. The SMILES string of the molecule is CCCCCC(C(=O)NO)C(=O)Nc1ccncc1. The van der Waals surface area contributed by atoms with Crippen LogP contribution in [0.3, 0.4) is 0 Å². The summed E-state index contributed by atoms with van der Waals surface area (Å²) in [5, 5.41) is 11.3. The van der Waals surface area contributed by atoms with Gasteiger partial charge in [0.05, 0.1) is 0 Å². The molecule has 0 radical (unpaired) electrons. The van der Waals surface area contributed by atoms with Crippen LogP contribution in [-0.4, -0.2) is 22.0 Å². The van der Waals surface area contributed by atoms with Gasteiger partial charge in [-0.25, -0.2) is 5.48 Å². The topological polar surface area (TPSA) is 91.3 Å². The molecule has 1 aromatic rings. The van der Waals surface area contributed by atoms with Crippen molar-refractivity contribution >= 4 is 17.5 Å². The fourth-order valence-corrected chi connectivity index (χ4v) is 1.72. The minimum atomic E-state index is -0.885. The quantitative estimate of drug-likeness (QED) is 0.303. The van der Waals surface area contributed by atoms with Crippen LogP contribution < -0.4 is 10.8 Å². The number of rotatable bonds is 7. The third-order valence-electron chi connectivity index (χ3n) is 2.79. The van der Waals surface area contributed by atoms with Crippen LogP contribution in [0.5, 0.6) is 0 Å². The van der Waals surface area contributed by atoms with Crippen LogP contribution >= 0.6 is 0 Å². The third kappa shape index (κ3) is 5.05. The minimum Gasteiger partial charge on any atom is -0.325 e. The predicted molar refractivity (Wildman–Crippen MR) is 70.4 cm³/mol. The molecule has 0 saturated heterocycles. The van der Waals surface area contributed by atoms with Crippen molar-refractivity contribution in [3.05, 3.63) is 24.5 Å². The lowest BCUT2D eigenvalue weighted by Gasteiger charge is -2.14. The third-order valence-corrected chi connectivity index (χ3v) is 2.79. The number of hydrogen-bond acceptors (Lipinski definition) is 4. The molecule has 0 fully saturated rings. The van der Waals surface area contributed by atoms with Crippen LogP contribution in [-0.2, 0) is 9.59 Å². The number of amides is 2. The molecule has 6 heteroatoms. The van der Waals surface area contributed by atoms with Gasteiger partial charge in [0.15, 0.2) is 0 Å². The van der Waals surface area contributed by atoms with Gasteiger partial charge in [0.2, 0.25) is 5.91 Å². The Bertz CT molecular complexity index is 409. The van der Waals surface area contributed by atoms with Gasteiger partial charge in [-0.05, 0) is 18.6 Å². The number of carbonyl (C=O) groups excluding carboxylic acids is 2. The Hall–Kier alpha value is -1.95. The highest BCUT2D eigenvalue weighted by molar-refractivity contribution is 6.06. The van der Waals surface area contributed by atoms with E-state index in [2.05, 4.69) is 10.3 Å². The van der Waals surface area contributed by atoms with E-state index in [4.69, 9.17) is 5.21 Å². The van der Waals surface area contributed by atoms with E-state index >= 15 is 0 Å². The van der Waals surface area contributed by atoms with Crippen LogP contribution in [0.25, 0.3) is 0 Å². The average molecular weight is 265 g/mol. The summed E-state index contributed by atoms with van der Waals surface area (Å²) in [5.74, 6) is -1.98. The van der Waals surface area contributed by atoms with Gasteiger partial charge in [0, 0.05) is 18.1 Å². The number of nitrogens with one attached hydrogen (secondary N) is 2. The second-order valence-corrected chi connectivity index (χ2v) is 4.25. The number of hydrogen-bond donors (Lipinski definition) is 3. The van der Waals surface area contributed by atoms with Gasteiger partial charge >= 0.3 is 0 Å². The fourth-order valence-electron chi connectivity index (χ4n) is 1.72. The summed E-state index contributed by atoms with van der Waals surface area (Å²) >= 11 is 0. The summed E-state index contributed by atoms with van der Waals surface area (Å²) in [6.45, 7) is 2.04. The zero-order valence-electron chi connectivity index (χ0n) is 10.9. The average Bonchev–Trinajstić information content (AvgIpc) is 2.44. The monoisotopic (exact) mass is 265 g/mol. The molecule has 1 heterocycles. The van der Waals surface area contributed by atoms with Crippen molar-refractivity contribution in [2.45, 2.75) is 32.6 Å². The van der Waals surface area contributed by atoms with Crippen LogP contribution in [0.1, 0.15) is 32.6 Å². The lowest BCUT2D eigenvalue weighted by molar-refractivity contribution is -0.139. The molecule has 0 aliphatic rings. The van der Waals surface area contributed by atoms with Crippen molar-refractivity contribution < 1.29 is 14.8 Å². The fraction of sp³-hybridized carbons (Fsp3) is 0.462. The Morgan fingerprint density at radius 1 is 1.26 bits per heavy atom. The Morgan fingerprint density at radius 2 is 1.95 bits per heavy atom. The lowest BCUT2D eigenvalue weighted by Crippen LogP contribution is -2.36. The van der Waals surface area contributed by atoms with E-state index < -0.39 is 17.7 Å². The molecular formula is C13H19N3O3. The molecule has 104 valence electrons. The normalized spacial score (nSPS) is 11.7. The van der Waals surface area contributed by atoms with Gasteiger partial charge in [-0.3, -0.25) is 19.8 Å². The summed E-state index contributed by atoms with van der Waals surface area (Å²) in [6, 6.07) is 3.27. The summed E-state index contributed by atoms with van der Waals surface area (Å²) < 4.78 is 0. The van der Waals surface area contributed by atoms with Crippen LogP contribution in [0, 0.1) is 5.92 Å². The lowest BCUT2D eigenvalue weighted by atomic mass is 9.99. The van der Waals surface area contributed by atoms with E-state index in [1.54, 1.807) is 30.0 Å². The predicted octanol–water partition coefficient (Wildman–Crippen LogP) is 1.72. The zero-order valence-corrected chi connectivity index (χ0v) is 10.9. The molecule has 0 aliphatic heterocycles. The minimum absolute atomic E-state index is 0.414. The van der Waals surface area contributed by atoms with Crippen LogP contribution in [0.15, 0.2) is 24.5 Å². The molecule has 2 amide bonds. The van der Waals surface area contributed by atoms with Gasteiger partial charge in [-0.2, -0.15) is 0 Å². The highest BCUT2D eigenvalue weighted by atomic mass is 16.5. The van der Waals surface area contributed by atoms with Gasteiger partial charge in [-0.15, -0.1) is 0 Å². The van der Waals surface area contributed by atoms with E-state index in [-0.39, 0.29) is 0 Å². The zero-order chi connectivity index (χ0) is 14.1. The molecule has 1 atom stereocenters. The molecule has 3 N–H and O–H groups in total. The summed E-state index contributed by atoms with van der Waals surface area (Å²) in [7, 11) is 0. The van der Waals surface area contributed by atoms with E-state index in [1.165, 1.54) is 0 Å². The number of unbranched alkanes of at least 4 members (excludes halogenated alkanes) is 2. The largest absolute Gasteiger partial charge is 0.325 e. The molecule has 0 spiro atoms. The number of hydroxylamine groups is 1. The van der Waals surface area contributed by atoms with Crippen molar-refractivity contribution in [2.75, 3.05) is 5.32 Å². The first-order chi connectivity index (χ1) is 9.19. The van der Waals surface area contributed by atoms with Crippen LogP contribution in [0.2, 0.25) is 0 Å². The molecule has 0 bridgehead atoms. The second-order valence-electron chi connectivity index (χ2n) is 4.25. The summed E-state index contributed by atoms with van der Waals surface area (Å²) in [6.07, 6.45) is 6.22. The first kappa shape index (κ1) is 15.1. The highest BCUT2D eigenvalue weighted by Gasteiger charge is 2.25. The maximum atomic E-state index is 12.0. The van der Waals surface area contributed by atoms with E-state index in [0.29, 0.717) is 12.1 Å². The van der Waals surface area contributed by atoms with Crippen molar-refractivity contribution in [1.29, 1.82) is 0 Å². The molecule has 1 aromatic heterocycles. The van der Waals surface area contributed by atoms with Gasteiger partial charge < -0.3 is 5.32 Å². The van der Waals surface area contributed by atoms with Crippen molar-refractivity contribution in [2.24, 2.45) is 5.92 Å². The van der Waals surface area contributed by atoms with Crippen molar-refractivity contribution in [3.63, 3.8) is 0 Å². The first-order valence-corrected chi connectivity index (χ1v) is 6.33. The van der Waals surface area contributed by atoms with Crippen molar-refractivity contribution in [3.8, 4) is 0 Å². The van der Waals surface area contributed by atoms with Gasteiger partial charge in [-0.1, -0.05) is 26.2 Å². The van der Waals surface area contributed by atoms with E-state index in [9.17, 15) is 9.59 Å². The molecule has 1 rings (SSSR count). The standard InChI is InChI=1S/C13H19N3O3/c1-2-3-4-5-11(13(18)16-19)12(17)15-10-6-8-14-9-7-10/h6-9,11,19H,2-5H2,1H3,(H,16,18)(H,14,15,17). The molecule has 19 heavy (non-hydrogen) atoms. The van der Waals surface area contributed by atoms with E-state index in [0.717, 1.165) is 19.3 Å². The highest BCUT2D eigenvalue weighted by Crippen LogP contribution is 2.14. The molecule has 0 aliphatic carbocycles. The molecular weight excluding hydrogens is 246 g/mol. The Labute approximate surface area is 112 Å². The number of pyridine rings is 1. The van der Waals surface area contributed by atoms with Crippen molar-refractivity contribution in [1.82, 2.24) is 10.5 Å². The number of anilines is 1. The maximum absolute atomic E-state index is 12.0. The number of nitrogens with zero attached hydrogens (tertiary/aromatic N) is 1.